The van der Waals surface area contributed by atoms with E-state index in [1.807, 2.05) is 0 Å². The van der Waals surface area contributed by atoms with Gasteiger partial charge in [-0.05, 0) is 36.4 Å². The highest BCUT2D eigenvalue weighted by Crippen LogP contribution is 2.35. The van der Waals surface area contributed by atoms with E-state index >= 15 is 0 Å². The second kappa shape index (κ2) is 5.32. The molecular weight excluding hydrogens is 271 g/mol. The Kier molecular flexibility index (Phi) is 3.74. The highest BCUT2D eigenvalue weighted by Gasteiger charge is 2.30. The molecule has 2 rings (SSSR count). The molecule has 0 aromatic heterocycles. The quantitative estimate of drug-likeness (QED) is 0.863. The minimum atomic E-state index is -4.37. The van der Waals surface area contributed by atoms with Crippen molar-refractivity contribution in [2.24, 2.45) is 0 Å². The minimum absolute atomic E-state index is 0.266. The maximum Gasteiger partial charge on any atom is 0.416 e. The van der Waals surface area contributed by atoms with Gasteiger partial charge in [0.25, 0.3) is 0 Å². The fourth-order valence-electron chi connectivity index (χ4n) is 1.61. The number of methoxy groups -OCH3 is 1. The van der Waals surface area contributed by atoms with Gasteiger partial charge in [0.05, 0.1) is 12.7 Å². The predicted molar refractivity (Wildman–Crippen MR) is 68.9 cm³/mol. The summed E-state index contributed by atoms with van der Waals surface area (Å²) in [5.41, 5.74) is 5.37. The Balaban J connectivity index is 2.24. The van der Waals surface area contributed by atoms with Crippen LogP contribution in [0.1, 0.15) is 5.56 Å². The summed E-state index contributed by atoms with van der Waals surface area (Å²) in [5, 5.41) is 0. The molecule has 106 valence electrons. The largest absolute Gasteiger partial charge is 0.493 e. The number of benzene rings is 2. The Bertz CT molecular complexity index is 594. The maximum atomic E-state index is 12.4. The fourth-order valence-corrected chi connectivity index (χ4v) is 1.61. The van der Waals surface area contributed by atoms with Crippen LogP contribution in [0.2, 0.25) is 0 Å². The van der Waals surface area contributed by atoms with Gasteiger partial charge in [-0.2, -0.15) is 13.2 Å². The van der Waals surface area contributed by atoms with Crippen LogP contribution in [0.5, 0.6) is 17.2 Å². The number of hydrogen-bond donors (Lipinski definition) is 1. The number of halogens is 3. The number of ether oxygens (including phenoxy) is 2. The van der Waals surface area contributed by atoms with Gasteiger partial charge in [-0.1, -0.05) is 0 Å². The van der Waals surface area contributed by atoms with Gasteiger partial charge in [0.15, 0.2) is 11.5 Å². The van der Waals surface area contributed by atoms with Crippen LogP contribution in [-0.4, -0.2) is 7.11 Å². The first-order chi connectivity index (χ1) is 9.40. The number of rotatable bonds is 3. The van der Waals surface area contributed by atoms with Crippen molar-refractivity contribution in [3.63, 3.8) is 0 Å². The van der Waals surface area contributed by atoms with Crippen molar-refractivity contribution in [2.45, 2.75) is 6.18 Å². The lowest BCUT2D eigenvalue weighted by molar-refractivity contribution is -0.137. The van der Waals surface area contributed by atoms with Crippen molar-refractivity contribution in [1.29, 1.82) is 0 Å². The first-order valence-electron chi connectivity index (χ1n) is 5.69. The molecule has 2 aromatic rings. The van der Waals surface area contributed by atoms with E-state index in [1.54, 1.807) is 12.1 Å². The van der Waals surface area contributed by atoms with E-state index < -0.39 is 11.7 Å². The predicted octanol–water partition coefficient (Wildman–Crippen LogP) is 4.09. The van der Waals surface area contributed by atoms with Crippen LogP contribution in [0.4, 0.5) is 18.9 Å². The van der Waals surface area contributed by atoms with Gasteiger partial charge in [-0.25, -0.2) is 0 Å². The Morgan fingerprint density at radius 3 is 2.15 bits per heavy atom. The Labute approximate surface area is 113 Å². The molecule has 6 heteroatoms. The van der Waals surface area contributed by atoms with E-state index in [0.717, 1.165) is 12.1 Å². The summed E-state index contributed by atoms with van der Waals surface area (Å²) in [4.78, 5) is 0. The van der Waals surface area contributed by atoms with Crippen molar-refractivity contribution in [1.82, 2.24) is 0 Å². The van der Waals surface area contributed by atoms with E-state index in [1.165, 1.54) is 25.3 Å². The second-order valence-electron chi connectivity index (χ2n) is 4.03. The van der Waals surface area contributed by atoms with E-state index in [-0.39, 0.29) is 5.75 Å². The third-order valence-electron chi connectivity index (χ3n) is 2.60. The molecule has 0 saturated heterocycles. The zero-order chi connectivity index (χ0) is 14.8. The lowest BCUT2D eigenvalue weighted by Crippen LogP contribution is -2.04. The van der Waals surface area contributed by atoms with Crippen molar-refractivity contribution in [3.05, 3.63) is 48.0 Å². The Morgan fingerprint density at radius 2 is 1.60 bits per heavy atom. The zero-order valence-corrected chi connectivity index (χ0v) is 10.6. The molecule has 0 aliphatic rings. The number of nitrogens with two attached hydrogens (primary N) is 1. The van der Waals surface area contributed by atoms with Gasteiger partial charge >= 0.3 is 6.18 Å². The molecule has 0 aliphatic carbocycles. The Morgan fingerprint density at radius 1 is 0.950 bits per heavy atom. The van der Waals surface area contributed by atoms with Gasteiger partial charge in [-0.15, -0.1) is 0 Å². The first-order valence-corrected chi connectivity index (χ1v) is 5.69. The smallest absolute Gasteiger partial charge is 0.416 e. The minimum Gasteiger partial charge on any atom is -0.493 e. The first kappa shape index (κ1) is 14.0. The van der Waals surface area contributed by atoms with Crippen molar-refractivity contribution in [2.75, 3.05) is 12.8 Å². The fraction of sp³-hybridized carbons (Fsp3) is 0.143. The molecule has 0 fully saturated rings. The topological polar surface area (TPSA) is 44.5 Å². The summed E-state index contributed by atoms with van der Waals surface area (Å²) >= 11 is 0. The molecule has 0 atom stereocenters. The average molecular weight is 283 g/mol. The van der Waals surface area contributed by atoms with Crippen LogP contribution >= 0.6 is 0 Å². The Hall–Kier alpha value is -2.37. The summed E-state index contributed by atoms with van der Waals surface area (Å²) in [7, 11) is 1.46. The van der Waals surface area contributed by atoms with Crippen molar-refractivity contribution >= 4 is 5.69 Å². The lowest BCUT2D eigenvalue weighted by Gasteiger charge is -2.12. The van der Waals surface area contributed by atoms with Crippen LogP contribution in [0.3, 0.4) is 0 Å². The van der Waals surface area contributed by atoms with Gasteiger partial charge in [-0.3, -0.25) is 0 Å². The number of alkyl halides is 3. The van der Waals surface area contributed by atoms with Crippen LogP contribution in [0.15, 0.2) is 42.5 Å². The van der Waals surface area contributed by atoms with Gasteiger partial charge in [0.2, 0.25) is 0 Å². The molecule has 0 spiro atoms. The lowest BCUT2D eigenvalue weighted by atomic mass is 10.2. The van der Waals surface area contributed by atoms with Gasteiger partial charge in [0.1, 0.15) is 5.75 Å². The maximum absolute atomic E-state index is 12.4. The average Bonchev–Trinajstić information content (AvgIpc) is 2.38. The number of anilines is 1. The molecule has 2 N–H and O–H groups in total. The monoisotopic (exact) mass is 283 g/mol. The van der Waals surface area contributed by atoms with E-state index in [0.29, 0.717) is 17.2 Å². The molecule has 0 amide bonds. The standard InChI is InChI=1S/C14H12F3NO2/c1-19-12-7-4-10(18)8-13(12)20-11-5-2-9(3-6-11)14(15,16)17/h2-8H,18H2,1H3. The summed E-state index contributed by atoms with van der Waals surface area (Å²) in [6, 6.07) is 9.18. The normalized spacial score (nSPS) is 11.2. The van der Waals surface area contributed by atoms with E-state index in [4.69, 9.17) is 15.2 Å². The molecule has 2 aromatic carbocycles. The van der Waals surface area contributed by atoms with Crippen molar-refractivity contribution < 1.29 is 22.6 Å². The molecular formula is C14H12F3NO2. The molecule has 0 unspecified atom stereocenters. The third-order valence-corrected chi connectivity index (χ3v) is 2.60. The van der Waals surface area contributed by atoms with Gasteiger partial charge < -0.3 is 15.2 Å². The zero-order valence-electron chi connectivity index (χ0n) is 10.6. The second-order valence-corrected chi connectivity index (χ2v) is 4.03. The highest BCUT2D eigenvalue weighted by molar-refractivity contribution is 5.53. The summed E-state index contributed by atoms with van der Waals surface area (Å²) in [5.74, 6) is 1.05. The van der Waals surface area contributed by atoms with E-state index in [9.17, 15) is 13.2 Å². The molecule has 0 heterocycles. The van der Waals surface area contributed by atoms with Crippen LogP contribution in [-0.2, 0) is 6.18 Å². The summed E-state index contributed by atoms with van der Waals surface area (Å²) < 4.78 is 47.9. The van der Waals surface area contributed by atoms with Crippen molar-refractivity contribution in [3.8, 4) is 17.2 Å². The van der Waals surface area contributed by atoms with E-state index in [2.05, 4.69) is 0 Å². The molecule has 0 bridgehead atoms. The van der Waals surface area contributed by atoms with Crippen LogP contribution < -0.4 is 15.2 Å². The molecule has 0 aliphatic heterocycles. The SMILES string of the molecule is COc1ccc(N)cc1Oc1ccc(C(F)(F)F)cc1. The highest BCUT2D eigenvalue weighted by atomic mass is 19.4. The van der Waals surface area contributed by atoms with Gasteiger partial charge in [0, 0.05) is 11.8 Å². The summed E-state index contributed by atoms with van der Waals surface area (Å²) in [6.07, 6.45) is -4.37. The third kappa shape index (κ3) is 3.14. The van der Waals surface area contributed by atoms with Crippen LogP contribution in [0.25, 0.3) is 0 Å². The molecule has 0 saturated carbocycles. The summed E-state index contributed by atoms with van der Waals surface area (Å²) in [6.45, 7) is 0. The number of hydrogen-bond acceptors (Lipinski definition) is 3. The van der Waals surface area contributed by atoms with Crippen LogP contribution in [0, 0.1) is 0 Å². The molecule has 20 heavy (non-hydrogen) atoms. The number of nitrogen functional groups attached to an aromatic ring is 1. The molecule has 3 nitrogen and oxygen atoms in total. The molecule has 0 radical (unpaired) electrons.